The van der Waals surface area contributed by atoms with Crippen molar-refractivity contribution in [2.24, 2.45) is 7.05 Å². The Hall–Kier alpha value is -3.38. The molecule has 0 aliphatic carbocycles. The molecule has 9 nitrogen and oxygen atoms in total. The first kappa shape index (κ1) is 19.9. The fourth-order valence-electron chi connectivity index (χ4n) is 3.94. The highest BCUT2D eigenvalue weighted by Crippen LogP contribution is 2.30. The van der Waals surface area contributed by atoms with Crippen LogP contribution in [0.15, 0.2) is 18.3 Å². The number of rotatable bonds is 5. The number of nitrogen functional groups attached to an aromatic ring is 1. The van der Waals surface area contributed by atoms with E-state index in [0.29, 0.717) is 23.1 Å². The molecule has 1 saturated heterocycles. The zero-order valence-electron chi connectivity index (χ0n) is 17.5. The molecule has 1 fully saturated rings. The number of piperidine rings is 1. The largest absolute Gasteiger partial charge is 0.381 e. The van der Waals surface area contributed by atoms with Crippen molar-refractivity contribution in [1.29, 1.82) is 5.26 Å². The van der Waals surface area contributed by atoms with Crippen LogP contribution in [0, 0.1) is 18.3 Å². The van der Waals surface area contributed by atoms with Crippen LogP contribution in [0.4, 0.5) is 17.5 Å². The molecule has 0 saturated carbocycles. The molecule has 30 heavy (non-hydrogen) atoms. The topological polar surface area (TPSA) is 130 Å². The van der Waals surface area contributed by atoms with E-state index in [-0.39, 0.29) is 12.0 Å². The molecule has 9 heteroatoms. The van der Waals surface area contributed by atoms with Crippen LogP contribution in [-0.2, 0) is 7.05 Å². The Labute approximate surface area is 175 Å². The van der Waals surface area contributed by atoms with Gasteiger partial charge in [-0.1, -0.05) is 0 Å². The van der Waals surface area contributed by atoms with Crippen molar-refractivity contribution < 1.29 is 0 Å². The van der Waals surface area contributed by atoms with Crippen LogP contribution in [0.3, 0.4) is 0 Å². The minimum Gasteiger partial charge on any atom is -0.381 e. The number of nitrogens with one attached hydrogen (secondary N) is 3. The van der Waals surface area contributed by atoms with Crippen LogP contribution in [0.1, 0.15) is 42.8 Å². The molecule has 0 bridgehead atoms. The van der Waals surface area contributed by atoms with E-state index in [1.807, 2.05) is 26.2 Å². The van der Waals surface area contributed by atoms with Crippen LogP contribution in [-0.4, -0.2) is 38.7 Å². The molecule has 0 unspecified atom stereocenters. The fraction of sp³-hybridized carbons (Fsp3) is 0.429. The Morgan fingerprint density at radius 3 is 2.80 bits per heavy atom. The molecule has 156 valence electrons. The molecule has 0 radical (unpaired) electrons. The van der Waals surface area contributed by atoms with E-state index in [1.54, 1.807) is 6.92 Å². The maximum Gasteiger partial charge on any atom is 0.222 e. The molecule has 1 atom stereocenters. The maximum absolute atomic E-state index is 9.54. The Bertz CT molecular complexity index is 1110. The third-order valence-electron chi connectivity index (χ3n) is 5.58. The first-order valence-electron chi connectivity index (χ1n) is 10.2. The van der Waals surface area contributed by atoms with Crippen LogP contribution >= 0.6 is 0 Å². The van der Waals surface area contributed by atoms with E-state index in [0.717, 1.165) is 48.3 Å². The summed E-state index contributed by atoms with van der Waals surface area (Å²) in [4.78, 5) is 13.3. The quantitative estimate of drug-likeness (QED) is 0.509. The first-order chi connectivity index (χ1) is 14.5. The van der Waals surface area contributed by atoms with Crippen LogP contribution in [0.25, 0.3) is 11.0 Å². The normalized spacial score (nSPS) is 15.7. The summed E-state index contributed by atoms with van der Waals surface area (Å²) in [6.07, 6.45) is 4.13. The number of nitrogens with two attached hydrogens (primary N) is 1. The molecular formula is C21H27N9. The summed E-state index contributed by atoms with van der Waals surface area (Å²) >= 11 is 0. The van der Waals surface area contributed by atoms with E-state index in [9.17, 15) is 5.26 Å². The number of hydrogen-bond acceptors (Lipinski definition) is 8. The lowest BCUT2D eigenvalue weighted by Crippen LogP contribution is -2.35. The van der Waals surface area contributed by atoms with Gasteiger partial charge in [0.2, 0.25) is 5.95 Å². The van der Waals surface area contributed by atoms with Crippen LogP contribution < -0.4 is 21.7 Å². The number of fused-ring (bicyclic) bond motifs is 1. The standard InChI is InChI=1S/C21H27N9/c1-12-15(11-22)20(29-21(23)26-12)25-13(2)19-17(27-14-4-7-24-8-5-14)10-18-16(28-19)6-9-30(18)3/h6,9-10,13-14,24,27H,4-5,7-8H2,1-3H3,(H3,23,25,26,29)/t13-/m0/s1. The van der Waals surface area contributed by atoms with Crippen molar-refractivity contribution in [3.63, 3.8) is 0 Å². The van der Waals surface area contributed by atoms with Crippen molar-refractivity contribution in [1.82, 2.24) is 24.8 Å². The Morgan fingerprint density at radius 1 is 1.30 bits per heavy atom. The number of aromatic nitrogens is 4. The van der Waals surface area contributed by atoms with Gasteiger partial charge in [-0.05, 0) is 51.9 Å². The average Bonchev–Trinajstić information content (AvgIpc) is 3.08. The van der Waals surface area contributed by atoms with Gasteiger partial charge in [0.05, 0.1) is 34.2 Å². The number of pyridine rings is 1. The highest BCUT2D eigenvalue weighted by molar-refractivity contribution is 5.81. The lowest BCUT2D eigenvalue weighted by Gasteiger charge is -2.27. The molecule has 1 aliphatic heterocycles. The fourth-order valence-corrected chi connectivity index (χ4v) is 3.94. The van der Waals surface area contributed by atoms with Crippen LogP contribution in [0.2, 0.25) is 0 Å². The lowest BCUT2D eigenvalue weighted by molar-refractivity contribution is 0.478. The number of aryl methyl sites for hydroxylation is 2. The first-order valence-corrected chi connectivity index (χ1v) is 10.2. The van der Waals surface area contributed by atoms with Crippen molar-refractivity contribution >= 4 is 28.5 Å². The number of hydrogen-bond donors (Lipinski definition) is 4. The third-order valence-corrected chi connectivity index (χ3v) is 5.58. The molecule has 3 aromatic heterocycles. The zero-order chi connectivity index (χ0) is 21.3. The predicted octanol–water partition coefficient (Wildman–Crippen LogP) is 2.46. The molecule has 4 rings (SSSR count). The minimum atomic E-state index is -0.195. The molecular weight excluding hydrogens is 378 g/mol. The van der Waals surface area contributed by atoms with Gasteiger partial charge in [-0.2, -0.15) is 10.2 Å². The van der Waals surface area contributed by atoms with Crippen LogP contribution in [0.5, 0.6) is 0 Å². The Balaban J connectivity index is 1.71. The molecule has 0 aromatic carbocycles. The van der Waals surface area contributed by atoms with Gasteiger partial charge in [0.1, 0.15) is 17.5 Å². The lowest BCUT2D eigenvalue weighted by atomic mass is 10.0. The molecule has 3 aromatic rings. The van der Waals surface area contributed by atoms with E-state index in [1.165, 1.54) is 0 Å². The van der Waals surface area contributed by atoms with Gasteiger partial charge in [0, 0.05) is 19.3 Å². The van der Waals surface area contributed by atoms with E-state index in [2.05, 4.69) is 42.6 Å². The second kappa shape index (κ2) is 8.16. The Kier molecular flexibility index (Phi) is 5.42. The Morgan fingerprint density at radius 2 is 2.07 bits per heavy atom. The van der Waals surface area contributed by atoms with Gasteiger partial charge in [-0.3, -0.25) is 0 Å². The number of nitriles is 1. The van der Waals surface area contributed by atoms with Crippen molar-refractivity contribution in [3.8, 4) is 6.07 Å². The summed E-state index contributed by atoms with van der Waals surface area (Å²) in [6.45, 7) is 5.78. The molecule has 4 heterocycles. The molecule has 5 N–H and O–H groups in total. The summed E-state index contributed by atoms with van der Waals surface area (Å²) in [6, 6.07) is 6.53. The predicted molar refractivity (Wildman–Crippen MR) is 118 cm³/mol. The summed E-state index contributed by atoms with van der Waals surface area (Å²) in [7, 11) is 2.02. The molecule has 0 amide bonds. The smallest absolute Gasteiger partial charge is 0.222 e. The van der Waals surface area contributed by atoms with E-state index < -0.39 is 0 Å². The van der Waals surface area contributed by atoms with E-state index in [4.69, 9.17) is 10.7 Å². The maximum atomic E-state index is 9.54. The summed E-state index contributed by atoms with van der Waals surface area (Å²) < 4.78 is 2.07. The summed E-state index contributed by atoms with van der Waals surface area (Å²) in [5.74, 6) is 0.568. The van der Waals surface area contributed by atoms with Gasteiger partial charge in [-0.25, -0.2) is 9.97 Å². The number of nitrogens with zero attached hydrogens (tertiary/aromatic N) is 5. The van der Waals surface area contributed by atoms with Gasteiger partial charge in [-0.15, -0.1) is 0 Å². The van der Waals surface area contributed by atoms with Gasteiger partial charge < -0.3 is 26.3 Å². The summed E-state index contributed by atoms with van der Waals surface area (Å²) in [5.41, 5.74) is 10.6. The third kappa shape index (κ3) is 3.86. The zero-order valence-corrected chi connectivity index (χ0v) is 17.5. The minimum absolute atomic E-state index is 0.140. The van der Waals surface area contributed by atoms with Crippen molar-refractivity contribution in [2.45, 2.75) is 38.8 Å². The van der Waals surface area contributed by atoms with Crippen molar-refractivity contribution in [2.75, 3.05) is 29.5 Å². The van der Waals surface area contributed by atoms with Crippen molar-refractivity contribution in [3.05, 3.63) is 35.3 Å². The average molecular weight is 406 g/mol. The monoisotopic (exact) mass is 405 g/mol. The molecule has 1 aliphatic rings. The van der Waals surface area contributed by atoms with Gasteiger partial charge >= 0.3 is 0 Å². The summed E-state index contributed by atoms with van der Waals surface area (Å²) in [5, 5.41) is 20.0. The number of anilines is 3. The second-order valence-electron chi connectivity index (χ2n) is 7.79. The SMILES string of the molecule is Cc1nc(N)nc(N[C@@H](C)c2nc3ccn(C)c3cc2NC2CCNCC2)c1C#N. The second-order valence-corrected chi connectivity index (χ2v) is 7.79. The van der Waals surface area contributed by atoms with Gasteiger partial charge in [0.25, 0.3) is 0 Å². The highest BCUT2D eigenvalue weighted by Gasteiger charge is 2.21. The van der Waals surface area contributed by atoms with Gasteiger partial charge in [0.15, 0.2) is 0 Å². The highest BCUT2D eigenvalue weighted by atomic mass is 15.1. The van der Waals surface area contributed by atoms with E-state index >= 15 is 0 Å². The molecule has 0 spiro atoms.